The van der Waals surface area contributed by atoms with Gasteiger partial charge in [-0.15, -0.1) is 0 Å². The molecule has 5 nitrogen and oxygen atoms in total. The highest BCUT2D eigenvalue weighted by Gasteiger charge is 2.71. The molecule has 1 N–H and O–H groups in total. The second-order valence-corrected chi connectivity index (χ2v) is 12.8. The van der Waals surface area contributed by atoms with Crippen LogP contribution in [0.4, 0.5) is 13.2 Å². The van der Waals surface area contributed by atoms with E-state index in [2.05, 4.69) is 17.9 Å². The van der Waals surface area contributed by atoms with Crippen LogP contribution in [0.3, 0.4) is 0 Å². The Morgan fingerprint density at radius 3 is 2.75 bits per heavy atom. The van der Waals surface area contributed by atoms with Gasteiger partial charge in [0.25, 0.3) is 0 Å². The van der Waals surface area contributed by atoms with Gasteiger partial charge in [0.15, 0.2) is 11.5 Å². The molecule has 5 aliphatic rings. The van der Waals surface area contributed by atoms with Crippen LogP contribution in [0.15, 0.2) is 42.5 Å². The van der Waals surface area contributed by atoms with E-state index in [0.717, 1.165) is 62.4 Å². The van der Waals surface area contributed by atoms with Crippen LogP contribution in [-0.4, -0.2) is 59.1 Å². The third-order valence-corrected chi connectivity index (χ3v) is 10.8. The standard InChI is InChI=1S/C32H35F3N2O3/c1-30-13-12-23(36(2)26(39)11-8-19-4-3-5-22(16-19)32(33,34)35)29-31(30)14-15-37(18-20-6-7-20)25(30)17-21-9-10-24(38)28(40-29)27(21)31/h3-5,8-11,16,20,23,25,29,38H,6-7,12-15,17-18H2,1-2H3/t23-,25-,29+,30+,31+/m1/s1. The number of ether oxygens (including phenoxy) is 1. The lowest BCUT2D eigenvalue weighted by Crippen LogP contribution is -2.73. The van der Waals surface area contributed by atoms with Crippen LogP contribution in [-0.2, 0) is 22.8 Å². The lowest BCUT2D eigenvalue weighted by atomic mass is 9.43. The number of halogens is 3. The highest BCUT2D eigenvalue weighted by atomic mass is 19.4. The molecule has 0 unspecified atom stereocenters. The molecular weight excluding hydrogens is 517 g/mol. The van der Waals surface area contributed by atoms with Gasteiger partial charge < -0.3 is 14.7 Å². The molecule has 2 aromatic carbocycles. The number of piperidine rings is 1. The molecule has 2 bridgehead atoms. The summed E-state index contributed by atoms with van der Waals surface area (Å²) in [6.45, 7) is 4.52. The molecule has 0 radical (unpaired) electrons. The number of likely N-dealkylation sites (N-methyl/N-ethyl adjacent to an activating group) is 1. The van der Waals surface area contributed by atoms with Gasteiger partial charge in [-0.05, 0) is 91.8 Å². The number of aromatic hydroxyl groups is 1. The van der Waals surface area contributed by atoms with Crippen molar-refractivity contribution in [3.8, 4) is 11.5 Å². The number of hydrogen-bond acceptors (Lipinski definition) is 4. The topological polar surface area (TPSA) is 53.0 Å². The van der Waals surface area contributed by atoms with Crippen LogP contribution in [0.25, 0.3) is 6.08 Å². The van der Waals surface area contributed by atoms with Gasteiger partial charge >= 0.3 is 6.18 Å². The molecule has 40 heavy (non-hydrogen) atoms. The van der Waals surface area contributed by atoms with Crippen LogP contribution in [0, 0.1) is 11.3 Å². The third kappa shape index (κ3) is 3.67. The SMILES string of the molecule is CN(C(=O)C=Cc1cccc(C(F)(F)F)c1)[C@@H]1CC[C@@]2(C)[C@H]3Cc4ccc(O)c5c4[C@@]2(CCN3CC2CC2)[C@H]1O5. The van der Waals surface area contributed by atoms with E-state index in [1.165, 1.54) is 36.6 Å². The van der Waals surface area contributed by atoms with Crippen molar-refractivity contribution in [2.45, 2.75) is 75.2 Å². The summed E-state index contributed by atoms with van der Waals surface area (Å²) in [5.74, 6) is 1.26. The molecule has 2 aliphatic heterocycles. The van der Waals surface area contributed by atoms with Crippen molar-refractivity contribution in [2.24, 2.45) is 11.3 Å². The first kappa shape index (κ1) is 25.9. The summed E-state index contributed by atoms with van der Waals surface area (Å²) in [6, 6.07) is 8.95. The molecule has 7 rings (SSSR count). The Labute approximate surface area is 232 Å². The fourth-order valence-electron chi connectivity index (χ4n) is 8.57. The Kier molecular flexibility index (Phi) is 5.67. The Hall–Kier alpha value is -3.00. The molecule has 5 atom stereocenters. The predicted molar refractivity (Wildman–Crippen MR) is 145 cm³/mol. The first-order valence-corrected chi connectivity index (χ1v) is 14.4. The van der Waals surface area contributed by atoms with Gasteiger partial charge in [-0.25, -0.2) is 0 Å². The average molecular weight is 553 g/mol. The molecule has 3 fully saturated rings. The van der Waals surface area contributed by atoms with Gasteiger partial charge in [-0.2, -0.15) is 13.2 Å². The Balaban J connectivity index is 1.21. The van der Waals surface area contributed by atoms with Crippen LogP contribution < -0.4 is 4.74 Å². The Bertz CT molecular complexity index is 1400. The predicted octanol–water partition coefficient (Wildman–Crippen LogP) is 5.79. The van der Waals surface area contributed by atoms with E-state index in [0.29, 0.717) is 17.4 Å². The van der Waals surface area contributed by atoms with Gasteiger partial charge in [0.2, 0.25) is 5.91 Å². The highest BCUT2D eigenvalue weighted by molar-refractivity contribution is 5.92. The molecule has 1 amide bonds. The number of carbonyl (C=O) groups is 1. The Morgan fingerprint density at radius 1 is 1.20 bits per heavy atom. The fourth-order valence-corrected chi connectivity index (χ4v) is 8.57. The molecule has 8 heteroatoms. The monoisotopic (exact) mass is 552 g/mol. The number of phenolic OH excluding ortho intramolecular Hbond substituents is 1. The number of amides is 1. The van der Waals surface area contributed by atoms with E-state index in [-0.39, 0.29) is 34.6 Å². The van der Waals surface area contributed by atoms with E-state index in [9.17, 15) is 23.1 Å². The van der Waals surface area contributed by atoms with Gasteiger partial charge in [-0.3, -0.25) is 9.69 Å². The normalized spacial score (nSPS) is 32.6. The van der Waals surface area contributed by atoms with E-state index in [1.807, 2.05) is 0 Å². The van der Waals surface area contributed by atoms with Crippen molar-refractivity contribution in [3.05, 3.63) is 64.7 Å². The number of carbonyl (C=O) groups excluding carboxylic acids is 1. The van der Waals surface area contributed by atoms with Gasteiger partial charge in [-0.1, -0.05) is 25.1 Å². The Morgan fingerprint density at radius 2 is 2.00 bits per heavy atom. The lowest BCUT2D eigenvalue weighted by molar-refractivity contribution is -0.150. The maximum absolute atomic E-state index is 13.4. The van der Waals surface area contributed by atoms with E-state index < -0.39 is 11.7 Å². The largest absolute Gasteiger partial charge is 0.504 e. The summed E-state index contributed by atoms with van der Waals surface area (Å²) >= 11 is 0. The summed E-state index contributed by atoms with van der Waals surface area (Å²) in [5, 5.41) is 10.9. The highest BCUT2D eigenvalue weighted by Crippen LogP contribution is 2.69. The number of likely N-dealkylation sites (tertiary alicyclic amines) is 1. The second kappa shape index (κ2) is 8.75. The molecular formula is C32H35F3N2O3. The van der Waals surface area contributed by atoms with Gasteiger partial charge in [0.1, 0.15) is 6.10 Å². The third-order valence-electron chi connectivity index (χ3n) is 10.8. The van der Waals surface area contributed by atoms with Crippen LogP contribution in [0.1, 0.15) is 61.3 Å². The number of benzene rings is 2. The molecule has 2 saturated carbocycles. The smallest absolute Gasteiger partial charge is 0.416 e. The first-order valence-electron chi connectivity index (χ1n) is 14.4. The molecule has 3 aliphatic carbocycles. The van der Waals surface area contributed by atoms with Crippen molar-refractivity contribution in [3.63, 3.8) is 0 Å². The zero-order valence-corrected chi connectivity index (χ0v) is 22.9. The number of nitrogens with zero attached hydrogens (tertiary/aromatic N) is 2. The van der Waals surface area contributed by atoms with Crippen molar-refractivity contribution >= 4 is 12.0 Å². The summed E-state index contributed by atoms with van der Waals surface area (Å²) < 4.78 is 46.2. The molecule has 2 aromatic rings. The average Bonchev–Trinajstić information content (AvgIpc) is 3.66. The molecule has 2 heterocycles. The number of phenols is 1. The summed E-state index contributed by atoms with van der Waals surface area (Å²) in [5.41, 5.74) is 1.62. The minimum Gasteiger partial charge on any atom is -0.504 e. The van der Waals surface area contributed by atoms with Crippen molar-refractivity contribution in [1.29, 1.82) is 0 Å². The number of hydrogen-bond donors (Lipinski definition) is 1. The summed E-state index contributed by atoms with van der Waals surface area (Å²) in [7, 11) is 1.76. The van der Waals surface area contributed by atoms with Crippen molar-refractivity contribution in [1.82, 2.24) is 9.80 Å². The summed E-state index contributed by atoms with van der Waals surface area (Å²) in [6.07, 6.45) is 4.26. The molecule has 212 valence electrons. The maximum Gasteiger partial charge on any atom is 0.416 e. The zero-order valence-electron chi connectivity index (χ0n) is 22.9. The maximum atomic E-state index is 13.4. The fraction of sp³-hybridized carbons (Fsp3) is 0.531. The number of rotatable bonds is 5. The molecule has 1 spiro atoms. The summed E-state index contributed by atoms with van der Waals surface area (Å²) in [4.78, 5) is 17.8. The zero-order chi connectivity index (χ0) is 28.0. The van der Waals surface area contributed by atoms with Gasteiger partial charge in [0, 0.05) is 36.7 Å². The van der Waals surface area contributed by atoms with Crippen molar-refractivity contribution < 1.29 is 27.8 Å². The van der Waals surface area contributed by atoms with Crippen LogP contribution >= 0.6 is 0 Å². The van der Waals surface area contributed by atoms with Gasteiger partial charge in [0.05, 0.1) is 11.6 Å². The molecule has 0 aromatic heterocycles. The van der Waals surface area contributed by atoms with Crippen LogP contribution in [0.2, 0.25) is 0 Å². The minimum absolute atomic E-state index is 0.0505. The second-order valence-electron chi connectivity index (χ2n) is 12.8. The molecule has 1 saturated heterocycles. The lowest BCUT2D eigenvalue weighted by Gasteiger charge is -2.66. The van der Waals surface area contributed by atoms with Crippen LogP contribution in [0.5, 0.6) is 11.5 Å². The first-order chi connectivity index (χ1) is 19.0. The van der Waals surface area contributed by atoms with Crippen molar-refractivity contribution in [2.75, 3.05) is 20.1 Å². The minimum atomic E-state index is -4.44. The quantitative estimate of drug-likeness (QED) is 0.477. The number of alkyl halides is 3. The van der Waals surface area contributed by atoms with E-state index in [4.69, 9.17) is 4.74 Å². The van der Waals surface area contributed by atoms with E-state index in [1.54, 1.807) is 24.1 Å². The van der Waals surface area contributed by atoms with E-state index >= 15 is 0 Å².